The molecule has 1 aromatic rings. The summed E-state index contributed by atoms with van der Waals surface area (Å²) in [6.45, 7) is 9.43. The maximum absolute atomic E-state index is 6.78. The van der Waals surface area contributed by atoms with Crippen molar-refractivity contribution in [1.29, 1.82) is 0 Å². The molecule has 0 aliphatic heterocycles. The maximum Gasteiger partial charge on any atom is 0.0205 e. The van der Waals surface area contributed by atoms with E-state index in [1.807, 2.05) is 0 Å². The lowest BCUT2D eigenvalue weighted by atomic mass is 9.57. The number of hydrogen-bond acceptors (Lipinski definition) is 1. The molecule has 106 valence electrons. The molecule has 0 amide bonds. The van der Waals surface area contributed by atoms with Crippen LogP contribution in [-0.4, -0.2) is 5.54 Å². The molecule has 19 heavy (non-hydrogen) atoms. The van der Waals surface area contributed by atoms with Gasteiger partial charge < -0.3 is 5.73 Å². The molecular formula is C17H26BrN. The molecule has 1 aromatic carbocycles. The molecule has 0 unspecified atom stereocenters. The van der Waals surface area contributed by atoms with Gasteiger partial charge in [0.25, 0.3) is 0 Å². The second-order valence-corrected chi connectivity index (χ2v) is 8.94. The third-order valence-electron chi connectivity index (χ3n) is 4.06. The van der Waals surface area contributed by atoms with Crippen molar-refractivity contribution in [3.05, 3.63) is 34.3 Å². The van der Waals surface area contributed by atoms with Crippen molar-refractivity contribution in [2.45, 2.75) is 58.9 Å². The SMILES string of the molecule is CC1(C)CC(C)(C)CC(N)(Cc2cccc(Br)c2)C1. The van der Waals surface area contributed by atoms with Crippen molar-refractivity contribution >= 4 is 15.9 Å². The fourth-order valence-electron chi connectivity index (χ4n) is 4.57. The Morgan fingerprint density at radius 2 is 1.63 bits per heavy atom. The first-order valence-electron chi connectivity index (χ1n) is 7.13. The minimum atomic E-state index is -0.0773. The van der Waals surface area contributed by atoms with Crippen LogP contribution >= 0.6 is 15.9 Å². The van der Waals surface area contributed by atoms with Crippen LogP contribution in [0.3, 0.4) is 0 Å². The van der Waals surface area contributed by atoms with Gasteiger partial charge in [-0.25, -0.2) is 0 Å². The summed E-state index contributed by atoms with van der Waals surface area (Å²) in [6, 6.07) is 8.56. The summed E-state index contributed by atoms with van der Waals surface area (Å²) in [7, 11) is 0. The van der Waals surface area contributed by atoms with Crippen molar-refractivity contribution in [2.24, 2.45) is 16.6 Å². The molecule has 2 N–H and O–H groups in total. The lowest BCUT2D eigenvalue weighted by Gasteiger charge is -2.50. The third-order valence-corrected chi connectivity index (χ3v) is 4.56. The van der Waals surface area contributed by atoms with Crippen LogP contribution in [0.4, 0.5) is 0 Å². The van der Waals surface area contributed by atoms with E-state index in [1.165, 1.54) is 12.0 Å². The minimum absolute atomic E-state index is 0.0773. The van der Waals surface area contributed by atoms with Gasteiger partial charge in [-0.1, -0.05) is 55.8 Å². The van der Waals surface area contributed by atoms with Gasteiger partial charge in [0.2, 0.25) is 0 Å². The third kappa shape index (κ3) is 4.06. The van der Waals surface area contributed by atoms with Crippen molar-refractivity contribution < 1.29 is 0 Å². The fourth-order valence-corrected chi connectivity index (χ4v) is 5.01. The smallest absolute Gasteiger partial charge is 0.0205 e. The predicted octanol–water partition coefficient (Wildman–Crippen LogP) is 4.93. The minimum Gasteiger partial charge on any atom is -0.325 e. The van der Waals surface area contributed by atoms with Crippen molar-refractivity contribution in [1.82, 2.24) is 0 Å². The highest BCUT2D eigenvalue weighted by molar-refractivity contribution is 9.10. The predicted molar refractivity (Wildman–Crippen MR) is 86.2 cm³/mol. The van der Waals surface area contributed by atoms with E-state index in [4.69, 9.17) is 5.73 Å². The Hall–Kier alpha value is -0.340. The van der Waals surface area contributed by atoms with Crippen molar-refractivity contribution in [2.75, 3.05) is 0 Å². The highest BCUT2D eigenvalue weighted by Crippen LogP contribution is 2.50. The standard InChI is InChI=1S/C17H26BrN/c1-15(2)10-16(3,4)12-17(19,11-15)9-13-6-5-7-14(18)8-13/h5-8H,9-12,19H2,1-4H3. The average Bonchev–Trinajstić information content (AvgIpc) is 2.09. The Bertz CT molecular complexity index is 446. The van der Waals surface area contributed by atoms with Crippen molar-refractivity contribution in [3.63, 3.8) is 0 Å². The number of hydrogen-bond donors (Lipinski definition) is 1. The van der Waals surface area contributed by atoms with Crippen LogP contribution in [0.1, 0.15) is 52.5 Å². The van der Waals surface area contributed by atoms with E-state index >= 15 is 0 Å². The molecule has 0 atom stereocenters. The number of benzene rings is 1. The Morgan fingerprint density at radius 3 is 2.16 bits per heavy atom. The molecule has 2 rings (SSSR count). The Morgan fingerprint density at radius 1 is 1.05 bits per heavy atom. The van der Waals surface area contributed by atoms with Crippen molar-refractivity contribution in [3.8, 4) is 0 Å². The first-order valence-corrected chi connectivity index (χ1v) is 7.92. The van der Waals surface area contributed by atoms with E-state index < -0.39 is 0 Å². The van der Waals surface area contributed by atoms with Crippen LogP contribution in [-0.2, 0) is 6.42 Å². The van der Waals surface area contributed by atoms with E-state index in [2.05, 4.69) is 67.9 Å². The van der Waals surface area contributed by atoms with E-state index in [0.717, 1.165) is 23.7 Å². The van der Waals surface area contributed by atoms with Crippen LogP contribution in [0.15, 0.2) is 28.7 Å². The van der Waals surface area contributed by atoms with Gasteiger partial charge in [0, 0.05) is 10.0 Å². The largest absolute Gasteiger partial charge is 0.325 e. The summed E-state index contributed by atoms with van der Waals surface area (Å²) in [4.78, 5) is 0. The van der Waals surface area contributed by atoms with Gasteiger partial charge in [0.1, 0.15) is 0 Å². The Kier molecular flexibility index (Phi) is 3.88. The molecule has 0 saturated heterocycles. The summed E-state index contributed by atoms with van der Waals surface area (Å²) >= 11 is 3.55. The summed E-state index contributed by atoms with van der Waals surface area (Å²) in [6.07, 6.45) is 4.45. The quantitative estimate of drug-likeness (QED) is 0.820. The second-order valence-electron chi connectivity index (χ2n) is 8.03. The zero-order valence-corrected chi connectivity index (χ0v) is 14.2. The molecule has 0 heterocycles. The zero-order chi connectivity index (χ0) is 14.3. The molecule has 1 aliphatic carbocycles. The number of rotatable bonds is 2. The Balaban J connectivity index is 2.22. The highest BCUT2D eigenvalue weighted by Gasteiger charge is 2.45. The maximum atomic E-state index is 6.78. The molecule has 1 fully saturated rings. The van der Waals surface area contributed by atoms with Gasteiger partial charge in [-0.2, -0.15) is 0 Å². The molecule has 0 radical (unpaired) electrons. The van der Waals surface area contributed by atoms with Gasteiger partial charge in [-0.15, -0.1) is 0 Å². The molecular weight excluding hydrogens is 298 g/mol. The first kappa shape index (κ1) is 15.1. The van der Waals surface area contributed by atoms with Crippen LogP contribution in [0.25, 0.3) is 0 Å². The fraction of sp³-hybridized carbons (Fsp3) is 0.647. The van der Waals surface area contributed by atoms with Gasteiger partial charge in [0.05, 0.1) is 0 Å². The number of halogens is 1. The lowest BCUT2D eigenvalue weighted by Crippen LogP contribution is -2.53. The van der Waals surface area contributed by atoms with E-state index in [0.29, 0.717) is 10.8 Å². The average molecular weight is 324 g/mol. The summed E-state index contributed by atoms with van der Waals surface area (Å²) in [5, 5.41) is 0. The van der Waals surface area contributed by atoms with E-state index in [-0.39, 0.29) is 5.54 Å². The van der Waals surface area contributed by atoms with Gasteiger partial charge >= 0.3 is 0 Å². The molecule has 1 aliphatic rings. The summed E-state index contributed by atoms with van der Waals surface area (Å²) < 4.78 is 1.14. The lowest BCUT2D eigenvalue weighted by molar-refractivity contribution is 0.0487. The number of nitrogens with two attached hydrogens (primary N) is 1. The highest BCUT2D eigenvalue weighted by atomic mass is 79.9. The molecule has 0 aromatic heterocycles. The van der Waals surface area contributed by atoms with Gasteiger partial charge in [0.15, 0.2) is 0 Å². The van der Waals surface area contributed by atoms with Crippen LogP contribution in [0.2, 0.25) is 0 Å². The zero-order valence-electron chi connectivity index (χ0n) is 12.6. The summed E-state index contributed by atoms with van der Waals surface area (Å²) in [5.41, 5.74) is 8.71. The molecule has 0 bridgehead atoms. The molecule has 2 heteroatoms. The van der Waals surface area contributed by atoms with Crippen LogP contribution < -0.4 is 5.73 Å². The Labute approximate surface area is 126 Å². The second kappa shape index (κ2) is 4.89. The first-order chi connectivity index (χ1) is 8.59. The molecule has 1 saturated carbocycles. The topological polar surface area (TPSA) is 26.0 Å². The molecule has 0 spiro atoms. The summed E-state index contributed by atoms with van der Waals surface area (Å²) in [5.74, 6) is 0. The van der Waals surface area contributed by atoms with Crippen LogP contribution in [0, 0.1) is 10.8 Å². The van der Waals surface area contributed by atoms with Crippen LogP contribution in [0.5, 0.6) is 0 Å². The monoisotopic (exact) mass is 323 g/mol. The van der Waals surface area contributed by atoms with E-state index in [9.17, 15) is 0 Å². The van der Waals surface area contributed by atoms with Gasteiger partial charge in [-0.3, -0.25) is 0 Å². The molecule has 1 nitrogen and oxygen atoms in total. The van der Waals surface area contributed by atoms with E-state index in [1.54, 1.807) is 0 Å². The normalized spacial score (nSPS) is 24.1. The van der Waals surface area contributed by atoms with Gasteiger partial charge in [-0.05, 0) is 54.2 Å².